The van der Waals surface area contributed by atoms with Crippen molar-refractivity contribution in [3.05, 3.63) is 34.7 Å². The van der Waals surface area contributed by atoms with Crippen LogP contribution in [-0.4, -0.2) is 38.4 Å². The van der Waals surface area contributed by atoms with Crippen LogP contribution >= 0.6 is 11.3 Å². The number of aromatic nitrogens is 1. The maximum atomic E-state index is 9.60. The standard InChI is InChI=1S/C19H15N5O2S/c1-25-15-4-2-13(3-5-15)17-18(16(12-22)14(10-20)11-21)27-19(23-17)24-6-8-26-9-7-24/h2-5H,6-9H2,1H3. The normalized spacial score (nSPS) is 13.2. The third kappa shape index (κ3) is 3.75. The van der Waals surface area contributed by atoms with E-state index in [0.717, 1.165) is 10.7 Å². The number of ether oxygens (including phenoxy) is 2. The van der Waals surface area contributed by atoms with E-state index in [1.807, 2.05) is 30.3 Å². The minimum atomic E-state index is -0.218. The molecular formula is C19H15N5O2S. The van der Waals surface area contributed by atoms with E-state index in [4.69, 9.17) is 14.5 Å². The van der Waals surface area contributed by atoms with Crippen LogP contribution in [0.4, 0.5) is 5.13 Å². The van der Waals surface area contributed by atoms with Crippen LogP contribution in [0.2, 0.25) is 0 Å². The van der Waals surface area contributed by atoms with Gasteiger partial charge in [0.2, 0.25) is 0 Å². The number of thiazole rings is 1. The molecule has 1 fully saturated rings. The van der Waals surface area contributed by atoms with Crippen molar-refractivity contribution in [2.45, 2.75) is 0 Å². The molecule has 1 aliphatic heterocycles. The SMILES string of the molecule is COc1ccc(-c2nc(N3CCOCC3)sc2C(C#N)=C(C#N)C#N)cc1. The van der Waals surface area contributed by atoms with Gasteiger partial charge < -0.3 is 14.4 Å². The van der Waals surface area contributed by atoms with Gasteiger partial charge in [0.1, 0.15) is 35.1 Å². The predicted molar refractivity (Wildman–Crippen MR) is 101 cm³/mol. The van der Waals surface area contributed by atoms with Gasteiger partial charge in [-0.2, -0.15) is 15.8 Å². The molecule has 0 unspecified atom stereocenters. The van der Waals surface area contributed by atoms with E-state index in [-0.39, 0.29) is 11.1 Å². The fourth-order valence-electron chi connectivity index (χ4n) is 2.67. The van der Waals surface area contributed by atoms with Crippen molar-refractivity contribution in [3.63, 3.8) is 0 Å². The Morgan fingerprint density at radius 3 is 2.33 bits per heavy atom. The van der Waals surface area contributed by atoms with Crippen LogP contribution in [0.5, 0.6) is 5.75 Å². The topological polar surface area (TPSA) is 106 Å². The zero-order chi connectivity index (χ0) is 19.2. The van der Waals surface area contributed by atoms with Crippen LogP contribution in [0.1, 0.15) is 4.88 Å². The second-order valence-corrected chi connectivity index (χ2v) is 6.57. The van der Waals surface area contributed by atoms with Crippen LogP contribution in [0.3, 0.4) is 0 Å². The van der Waals surface area contributed by atoms with Crippen LogP contribution < -0.4 is 9.64 Å². The van der Waals surface area contributed by atoms with Gasteiger partial charge in [-0.15, -0.1) is 0 Å². The summed E-state index contributed by atoms with van der Waals surface area (Å²) in [5.74, 6) is 0.703. The lowest BCUT2D eigenvalue weighted by Crippen LogP contribution is -2.36. The fraction of sp³-hybridized carbons (Fsp3) is 0.263. The maximum Gasteiger partial charge on any atom is 0.186 e. The molecule has 134 valence electrons. The molecule has 0 aliphatic carbocycles. The molecule has 0 spiro atoms. The number of hydrogen-bond donors (Lipinski definition) is 0. The van der Waals surface area contributed by atoms with Crippen molar-refractivity contribution >= 4 is 22.0 Å². The molecule has 8 heteroatoms. The van der Waals surface area contributed by atoms with Crippen LogP contribution in [0.25, 0.3) is 16.8 Å². The minimum absolute atomic E-state index is 0.0443. The Hall–Kier alpha value is -3.38. The van der Waals surface area contributed by atoms with Gasteiger partial charge in [0.15, 0.2) is 5.13 Å². The third-order valence-corrected chi connectivity index (χ3v) is 5.21. The van der Waals surface area contributed by atoms with Gasteiger partial charge in [0.25, 0.3) is 0 Å². The van der Waals surface area contributed by atoms with Gasteiger partial charge in [0, 0.05) is 18.7 Å². The molecule has 1 aromatic carbocycles. The Morgan fingerprint density at radius 1 is 1.11 bits per heavy atom. The summed E-state index contributed by atoms with van der Waals surface area (Å²) in [6, 6.07) is 12.9. The minimum Gasteiger partial charge on any atom is -0.497 e. The summed E-state index contributed by atoms with van der Waals surface area (Å²) in [5.41, 5.74) is 1.18. The van der Waals surface area contributed by atoms with E-state index in [1.54, 1.807) is 19.2 Å². The highest BCUT2D eigenvalue weighted by Gasteiger charge is 2.23. The number of nitrogens with zero attached hydrogens (tertiary/aromatic N) is 5. The van der Waals surface area contributed by atoms with Crippen molar-refractivity contribution in [1.29, 1.82) is 15.8 Å². The van der Waals surface area contributed by atoms with E-state index in [0.29, 0.717) is 42.6 Å². The number of methoxy groups -OCH3 is 1. The number of rotatable bonds is 4. The highest BCUT2D eigenvalue weighted by molar-refractivity contribution is 7.17. The molecule has 27 heavy (non-hydrogen) atoms. The quantitative estimate of drug-likeness (QED) is 0.754. The lowest BCUT2D eigenvalue weighted by atomic mass is 10.0. The van der Waals surface area contributed by atoms with Crippen LogP contribution in [0.15, 0.2) is 29.8 Å². The van der Waals surface area contributed by atoms with E-state index >= 15 is 0 Å². The van der Waals surface area contributed by atoms with Gasteiger partial charge in [0.05, 0.1) is 30.9 Å². The van der Waals surface area contributed by atoms with E-state index < -0.39 is 0 Å². The molecule has 7 nitrogen and oxygen atoms in total. The molecule has 0 bridgehead atoms. The zero-order valence-corrected chi connectivity index (χ0v) is 15.4. The average Bonchev–Trinajstić information content (AvgIpc) is 3.17. The molecule has 0 saturated carbocycles. The molecule has 3 rings (SSSR count). The first-order valence-corrected chi connectivity index (χ1v) is 8.96. The number of anilines is 1. The molecular weight excluding hydrogens is 362 g/mol. The Morgan fingerprint density at radius 2 is 1.78 bits per heavy atom. The Balaban J connectivity index is 2.16. The Labute approximate surface area is 160 Å². The zero-order valence-electron chi connectivity index (χ0n) is 14.6. The molecule has 0 amide bonds. The lowest BCUT2D eigenvalue weighted by molar-refractivity contribution is 0.122. The van der Waals surface area contributed by atoms with Gasteiger partial charge in [-0.1, -0.05) is 11.3 Å². The average molecular weight is 377 g/mol. The molecule has 2 heterocycles. The summed E-state index contributed by atoms with van der Waals surface area (Å²) >= 11 is 1.31. The molecule has 1 aromatic heterocycles. The van der Waals surface area contributed by atoms with Crippen molar-refractivity contribution < 1.29 is 9.47 Å². The van der Waals surface area contributed by atoms with E-state index in [9.17, 15) is 15.8 Å². The summed E-state index contributed by atoms with van der Waals surface area (Å²) in [7, 11) is 1.59. The van der Waals surface area contributed by atoms with Crippen molar-refractivity contribution in [3.8, 4) is 35.2 Å². The first-order valence-electron chi connectivity index (χ1n) is 8.14. The highest BCUT2D eigenvalue weighted by Crippen LogP contribution is 2.39. The molecule has 0 atom stereocenters. The number of hydrogen-bond acceptors (Lipinski definition) is 8. The Kier molecular flexibility index (Phi) is 5.68. The second-order valence-electron chi connectivity index (χ2n) is 5.59. The molecule has 2 aromatic rings. The first-order chi connectivity index (χ1) is 13.2. The summed E-state index contributed by atoms with van der Waals surface area (Å²) < 4.78 is 10.6. The van der Waals surface area contributed by atoms with Gasteiger partial charge in [-0.25, -0.2) is 4.98 Å². The highest BCUT2D eigenvalue weighted by atomic mass is 32.1. The molecule has 0 N–H and O–H groups in total. The summed E-state index contributed by atoms with van der Waals surface area (Å²) in [6.45, 7) is 2.61. The predicted octanol–water partition coefficient (Wildman–Crippen LogP) is 2.98. The van der Waals surface area contributed by atoms with Crippen molar-refractivity contribution in [2.75, 3.05) is 38.3 Å². The van der Waals surface area contributed by atoms with Gasteiger partial charge >= 0.3 is 0 Å². The lowest BCUT2D eigenvalue weighted by Gasteiger charge is -2.26. The van der Waals surface area contributed by atoms with Crippen molar-refractivity contribution in [1.82, 2.24) is 4.98 Å². The van der Waals surface area contributed by atoms with Gasteiger partial charge in [-0.3, -0.25) is 0 Å². The van der Waals surface area contributed by atoms with Crippen molar-refractivity contribution in [2.24, 2.45) is 0 Å². The first kappa shape index (κ1) is 18.4. The maximum absolute atomic E-state index is 9.60. The number of nitriles is 3. The molecule has 1 saturated heterocycles. The monoisotopic (exact) mass is 377 g/mol. The van der Waals surface area contributed by atoms with Gasteiger partial charge in [-0.05, 0) is 24.3 Å². The molecule has 0 radical (unpaired) electrons. The summed E-state index contributed by atoms with van der Waals surface area (Å²) in [4.78, 5) is 7.32. The third-order valence-electron chi connectivity index (χ3n) is 4.07. The number of allylic oxidation sites excluding steroid dienone is 2. The van der Waals surface area contributed by atoms with Crippen LogP contribution in [-0.2, 0) is 4.74 Å². The number of morpholine rings is 1. The number of benzene rings is 1. The second kappa shape index (κ2) is 8.33. The van der Waals surface area contributed by atoms with E-state index in [1.165, 1.54) is 11.3 Å². The smallest absolute Gasteiger partial charge is 0.186 e. The van der Waals surface area contributed by atoms with E-state index in [2.05, 4.69) is 4.90 Å². The fourth-order valence-corrected chi connectivity index (χ4v) is 3.81. The molecule has 1 aliphatic rings. The summed E-state index contributed by atoms with van der Waals surface area (Å²) in [5, 5.41) is 28.8. The van der Waals surface area contributed by atoms with Crippen LogP contribution in [0, 0.1) is 34.0 Å². The summed E-state index contributed by atoms with van der Waals surface area (Å²) in [6.07, 6.45) is 0. The Bertz CT molecular complexity index is 967. The largest absolute Gasteiger partial charge is 0.497 e.